The molecule has 156 valence electrons. The highest BCUT2D eigenvalue weighted by molar-refractivity contribution is 5.69. The SMILES string of the molecule is CCOC(=O)CCc1ccc(COc2cccc3c2N(C(C)C)CCC3)cc1F. The van der Waals surface area contributed by atoms with Gasteiger partial charge in [0, 0.05) is 19.0 Å². The summed E-state index contributed by atoms with van der Waals surface area (Å²) in [6.45, 7) is 7.81. The minimum absolute atomic E-state index is 0.182. The molecule has 0 unspecified atom stereocenters. The maximum Gasteiger partial charge on any atom is 0.306 e. The Labute approximate surface area is 172 Å². The van der Waals surface area contributed by atoms with Crippen LogP contribution in [0.1, 0.15) is 50.3 Å². The molecule has 4 nitrogen and oxygen atoms in total. The molecule has 0 saturated carbocycles. The van der Waals surface area contributed by atoms with Gasteiger partial charge >= 0.3 is 5.97 Å². The van der Waals surface area contributed by atoms with E-state index in [1.807, 2.05) is 18.2 Å². The van der Waals surface area contributed by atoms with Crippen LogP contribution in [-0.4, -0.2) is 25.2 Å². The largest absolute Gasteiger partial charge is 0.487 e. The molecule has 0 spiro atoms. The minimum atomic E-state index is -0.311. The molecule has 0 bridgehead atoms. The number of benzene rings is 2. The van der Waals surface area contributed by atoms with E-state index in [-0.39, 0.29) is 18.2 Å². The summed E-state index contributed by atoms with van der Waals surface area (Å²) >= 11 is 0. The first kappa shape index (κ1) is 21.2. The summed E-state index contributed by atoms with van der Waals surface area (Å²) in [5.41, 5.74) is 3.76. The lowest BCUT2D eigenvalue weighted by atomic mass is 9.99. The zero-order valence-corrected chi connectivity index (χ0v) is 17.5. The topological polar surface area (TPSA) is 38.8 Å². The number of ether oxygens (including phenoxy) is 2. The van der Waals surface area contributed by atoms with E-state index in [1.54, 1.807) is 13.0 Å². The summed E-state index contributed by atoms with van der Waals surface area (Å²) in [6.07, 6.45) is 2.72. The Kier molecular flexibility index (Phi) is 7.13. The lowest BCUT2D eigenvalue weighted by Gasteiger charge is -2.36. The van der Waals surface area contributed by atoms with Crippen LogP contribution in [0.4, 0.5) is 10.1 Å². The maximum atomic E-state index is 14.4. The number of nitrogens with zero attached hydrogens (tertiary/aromatic N) is 1. The van der Waals surface area contributed by atoms with Crippen molar-refractivity contribution in [1.29, 1.82) is 0 Å². The van der Waals surface area contributed by atoms with E-state index >= 15 is 0 Å². The van der Waals surface area contributed by atoms with Gasteiger partial charge in [-0.15, -0.1) is 0 Å². The van der Waals surface area contributed by atoms with Crippen molar-refractivity contribution < 1.29 is 18.7 Å². The molecule has 2 aromatic carbocycles. The van der Waals surface area contributed by atoms with E-state index in [1.165, 1.54) is 17.3 Å². The molecule has 0 radical (unpaired) electrons. The average Bonchev–Trinajstić information content (AvgIpc) is 2.71. The standard InChI is InChI=1S/C24H30FNO3/c1-4-28-23(27)13-12-19-11-10-18(15-21(19)25)16-29-22-9-5-7-20-8-6-14-26(17(2)3)24(20)22/h5,7,9-11,15,17H,4,6,8,12-14,16H2,1-3H3. The summed E-state index contributed by atoms with van der Waals surface area (Å²) in [4.78, 5) is 13.9. The third-order valence-corrected chi connectivity index (χ3v) is 5.25. The lowest BCUT2D eigenvalue weighted by Crippen LogP contribution is -2.35. The summed E-state index contributed by atoms with van der Waals surface area (Å²) in [7, 11) is 0. The zero-order valence-electron chi connectivity index (χ0n) is 17.5. The number of aryl methyl sites for hydroxylation is 2. The highest BCUT2D eigenvalue weighted by atomic mass is 19.1. The fourth-order valence-corrected chi connectivity index (χ4v) is 3.79. The molecule has 0 fully saturated rings. The monoisotopic (exact) mass is 399 g/mol. The Hall–Kier alpha value is -2.56. The van der Waals surface area contributed by atoms with Gasteiger partial charge in [-0.25, -0.2) is 4.39 Å². The quantitative estimate of drug-likeness (QED) is 0.582. The van der Waals surface area contributed by atoms with E-state index in [0.29, 0.717) is 31.2 Å². The number of carbonyl (C=O) groups is 1. The molecule has 0 aromatic heterocycles. The molecule has 3 rings (SSSR count). The van der Waals surface area contributed by atoms with Crippen molar-refractivity contribution in [2.75, 3.05) is 18.1 Å². The van der Waals surface area contributed by atoms with E-state index < -0.39 is 0 Å². The van der Waals surface area contributed by atoms with Crippen LogP contribution in [0.25, 0.3) is 0 Å². The summed E-state index contributed by atoms with van der Waals surface area (Å²) < 4.78 is 25.5. The predicted molar refractivity (Wildman–Crippen MR) is 113 cm³/mol. The number of hydrogen-bond donors (Lipinski definition) is 0. The molecular formula is C24H30FNO3. The molecule has 0 N–H and O–H groups in total. The second-order valence-corrected chi connectivity index (χ2v) is 7.67. The van der Waals surface area contributed by atoms with Crippen LogP contribution in [0.15, 0.2) is 36.4 Å². The van der Waals surface area contributed by atoms with Gasteiger partial charge in [0.1, 0.15) is 18.2 Å². The van der Waals surface area contributed by atoms with Crippen LogP contribution in [0, 0.1) is 5.82 Å². The second kappa shape index (κ2) is 9.77. The number of para-hydroxylation sites is 1. The van der Waals surface area contributed by atoms with Gasteiger partial charge in [0.05, 0.1) is 12.3 Å². The van der Waals surface area contributed by atoms with Crippen LogP contribution in [-0.2, 0) is 29.0 Å². The third kappa shape index (κ3) is 5.28. The number of halogens is 1. The van der Waals surface area contributed by atoms with Crippen molar-refractivity contribution in [3.8, 4) is 5.75 Å². The number of fused-ring (bicyclic) bond motifs is 1. The van der Waals surface area contributed by atoms with E-state index in [4.69, 9.17) is 9.47 Å². The number of rotatable bonds is 8. The van der Waals surface area contributed by atoms with E-state index in [2.05, 4.69) is 24.8 Å². The molecule has 0 saturated heterocycles. The molecule has 1 aliphatic rings. The van der Waals surface area contributed by atoms with Crippen LogP contribution < -0.4 is 9.64 Å². The van der Waals surface area contributed by atoms with Crippen LogP contribution in [0.3, 0.4) is 0 Å². The second-order valence-electron chi connectivity index (χ2n) is 7.67. The molecule has 29 heavy (non-hydrogen) atoms. The van der Waals surface area contributed by atoms with E-state index in [9.17, 15) is 9.18 Å². The van der Waals surface area contributed by atoms with Crippen molar-refractivity contribution in [3.63, 3.8) is 0 Å². The molecule has 0 aliphatic carbocycles. The lowest BCUT2D eigenvalue weighted by molar-refractivity contribution is -0.143. The molecule has 1 heterocycles. The van der Waals surface area contributed by atoms with Crippen LogP contribution in [0.2, 0.25) is 0 Å². The zero-order chi connectivity index (χ0) is 20.8. The molecule has 0 atom stereocenters. The molecule has 0 amide bonds. The average molecular weight is 400 g/mol. The third-order valence-electron chi connectivity index (χ3n) is 5.25. The van der Waals surface area contributed by atoms with Crippen molar-refractivity contribution >= 4 is 11.7 Å². The van der Waals surface area contributed by atoms with Crippen molar-refractivity contribution in [1.82, 2.24) is 0 Å². The number of anilines is 1. The fourth-order valence-electron chi connectivity index (χ4n) is 3.79. The minimum Gasteiger partial charge on any atom is -0.487 e. The van der Waals surface area contributed by atoms with E-state index in [0.717, 1.165) is 30.7 Å². The first-order chi connectivity index (χ1) is 14.0. The van der Waals surface area contributed by atoms with Gasteiger partial charge in [-0.1, -0.05) is 24.3 Å². The number of hydrogen-bond acceptors (Lipinski definition) is 4. The van der Waals surface area contributed by atoms with Crippen molar-refractivity contribution in [3.05, 3.63) is 58.9 Å². The predicted octanol–water partition coefficient (Wildman–Crippen LogP) is 5.06. The van der Waals surface area contributed by atoms with Gasteiger partial charge in [0.2, 0.25) is 0 Å². The molecule has 2 aromatic rings. The Morgan fingerprint density at radius 3 is 2.79 bits per heavy atom. The highest BCUT2D eigenvalue weighted by Crippen LogP contribution is 2.37. The first-order valence-electron chi connectivity index (χ1n) is 10.4. The number of carbonyl (C=O) groups excluding carboxylic acids is 1. The van der Waals surface area contributed by atoms with Crippen molar-refractivity contribution in [2.24, 2.45) is 0 Å². The highest BCUT2D eigenvalue weighted by Gasteiger charge is 2.23. The fraction of sp³-hybridized carbons (Fsp3) is 0.458. The number of esters is 1. The molecule has 5 heteroatoms. The molecule has 1 aliphatic heterocycles. The first-order valence-corrected chi connectivity index (χ1v) is 10.4. The Morgan fingerprint density at radius 2 is 2.07 bits per heavy atom. The van der Waals surface area contributed by atoms with Crippen LogP contribution >= 0.6 is 0 Å². The van der Waals surface area contributed by atoms with Crippen LogP contribution in [0.5, 0.6) is 5.75 Å². The summed E-state index contributed by atoms with van der Waals surface area (Å²) in [5.74, 6) is 0.236. The van der Waals surface area contributed by atoms with Gasteiger partial charge < -0.3 is 14.4 Å². The maximum absolute atomic E-state index is 14.4. The van der Waals surface area contributed by atoms with Gasteiger partial charge in [0.15, 0.2) is 0 Å². The van der Waals surface area contributed by atoms with Gasteiger partial charge in [0.25, 0.3) is 0 Å². The summed E-state index contributed by atoms with van der Waals surface area (Å²) in [6, 6.07) is 11.7. The van der Waals surface area contributed by atoms with Gasteiger partial charge in [-0.2, -0.15) is 0 Å². The summed E-state index contributed by atoms with van der Waals surface area (Å²) in [5, 5.41) is 0. The normalized spacial score (nSPS) is 13.3. The molecular weight excluding hydrogens is 369 g/mol. The van der Waals surface area contributed by atoms with Gasteiger partial charge in [-0.3, -0.25) is 4.79 Å². The Morgan fingerprint density at radius 1 is 1.24 bits per heavy atom. The van der Waals surface area contributed by atoms with Crippen molar-refractivity contribution in [2.45, 2.75) is 59.1 Å². The Balaban J connectivity index is 1.68. The van der Waals surface area contributed by atoms with Gasteiger partial charge in [-0.05, 0) is 68.9 Å². The Bertz CT molecular complexity index is 850. The smallest absolute Gasteiger partial charge is 0.306 e.